The Morgan fingerprint density at radius 1 is 1.09 bits per heavy atom. The van der Waals surface area contributed by atoms with Gasteiger partial charge in [0.15, 0.2) is 0 Å². The summed E-state index contributed by atoms with van der Waals surface area (Å²) in [6.07, 6.45) is 3.15. The minimum Gasteiger partial charge on any atom is -0.507 e. The standard InChI is InChI=1S/C25H20N4O4/c1-14-13-16(7-8-19(14)33-2)22(30)20-21(15-9-11-26-12-10-15)29(24(32)23(20)31)25-27-17-5-3-4-6-18(17)28-25/h3-13,21,30H,1-2H3,(H,27,28)/b22-20+. The van der Waals surface area contributed by atoms with E-state index in [2.05, 4.69) is 15.0 Å². The summed E-state index contributed by atoms with van der Waals surface area (Å²) in [7, 11) is 1.56. The number of para-hydroxylation sites is 2. The molecule has 3 heterocycles. The van der Waals surface area contributed by atoms with Crippen molar-refractivity contribution in [3.8, 4) is 5.75 Å². The van der Waals surface area contributed by atoms with Crippen LogP contribution in [0.2, 0.25) is 0 Å². The first-order chi connectivity index (χ1) is 16.0. The van der Waals surface area contributed by atoms with Crippen LogP contribution in [0, 0.1) is 6.92 Å². The number of anilines is 1. The van der Waals surface area contributed by atoms with Crippen molar-refractivity contribution in [3.63, 3.8) is 0 Å². The molecule has 1 unspecified atom stereocenters. The highest BCUT2D eigenvalue weighted by molar-refractivity contribution is 6.51. The lowest BCUT2D eigenvalue weighted by Crippen LogP contribution is -2.30. The number of ether oxygens (including phenoxy) is 1. The zero-order chi connectivity index (χ0) is 23.1. The van der Waals surface area contributed by atoms with E-state index in [0.29, 0.717) is 22.4 Å². The first kappa shape index (κ1) is 20.4. The predicted octanol–water partition coefficient (Wildman–Crippen LogP) is 3.90. The number of Topliss-reactive ketones (excluding diaryl/α,β-unsaturated/α-hetero) is 1. The average Bonchev–Trinajstić information content (AvgIpc) is 3.37. The number of hydrogen-bond acceptors (Lipinski definition) is 6. The highest BCUT2D eigenvalue weighted by Crippen LogP contribution is 2.41. The number of aryl methyl sites for hydroxylation is 1. The fraction of sp³-hybridized carbons (Fsp3) is 0.120. The average molecular weight is 440 g/mol. The van der Waals surface area contributed by atoms with Gasteiger partial charge in [0.05, 0.1) is 29.8 Å². The number of carbonyl (C=O) groups is 2. The van der Waals surface area contributed by atoms with Gasteiger partial charge in [0.25, 0.3) is 5.78 Å². The SMILES string of the molecule is COc1ccc(/C(O)=C2\C(=O)C(=O)N(c3nc4ccccc4[nH]3)C2c2ccncc2)cc1C. The highest BCUT2D eigenvalue weighted by Gasteiger charge is 2.48. The van der Waals surface area contributed by atoms with Crippen LogP contribution in [0.4, 0.5) is 5.95 Å². The number of pyridine rings is 1. The number of ketones is 1. The van der Waals surface area contributed by atoms with Crippen molar-refractivity contribution in [1.29, 1.82) is 0 Å². The van der Waals surface area contributed by atoms with Gasteiger partial charge in [-0.15, -0.1) is 0 Å². The van der Waals surface area contributed by atoms with E-state index in [0.717, 1.165) is 11.1 Å². The molecule has 1 aliphatic rings. The number of H-pyrrole nitrogens is 1. The second-order valence-electron chi connectivity index (χ2n) is 7.71. The lowest BCUT2D eigenvalue weighted by molar-refractivity contribution is -0.132. The van der Waals surface area contributed by atoms with Gasteiger partial charge in [-0.2, -0.15) is 0 Å². The second-order valence-corrected chi connectivity index (χ2v) is 7.71. The van der Waals surface area contributed by atoms with Crippen molar-refractivity contribution in [2.45, 2.75) is 13.0 Å². The molecule has 1 aliphatic heterocycles. The van der Waals surface area contributed by atoms with Crippen molar-refractivity contribution >= 4 is 34.4 Å². The molecule has 0 radical (unpaired) electrons. The highest BCUT2D eigenvalue weighted by atomic mass is 16.5. The summed E-state index contributed by atoms with van der Waals surface area (Å²) in [6.45, 7) is 1.84. The van der Waals surface area contributed by atoms with E-state index in [1.165, 1.54) is 4.90 Å². The maximum Gasteiger partial charge on any atom is 0.302 e. The molecule has 2 N–H and O–H groups in total. The molecule has 164 valence electrons. The number of amides is 1. The number of rotatable bonds is 4. The van der Waals surface area contributed by atoms with Crippen LogP contribution in [0.15, 0.2) is 72.6 Å². The fourth-order valence-electron chi connectivity index (χ4n) is 4.15. The summed E-state index contributed by atoms with van der Waals surface area (Å²) in [5, 5.41) is 11.2. The molecule has 5 rings (SSSR count). The minimum atomic E-state index is -0.879. The molecule has 1 fully saturated rings. The van der Waals surface area contributed by atoms with Gasteiger partial charge in [-0.25, -0.2) is 4.98 Å². The monoisotopic (exact) mass is 440 g/mol. The Kier molecular flexibility index (Phi) is 4.90. The van der Waals surface area contributed by atoms with Crippen LogP contribution in [-0.2, 0) is 9.59 Å². The fourth-order valence-corrected chi connectivity index (χ4v) is 4.15. The number of aliphatic hydroxyl groups is 1. The number of methoxy groups -OCH3 is 1. The van der Waals surface area contributed by atoms with E-state index in [4.69, 9.17) is 4.74 Å². The van der Waals surface area contributed by atoms with Crippen molar-refractivity contribution in [2.24, 2.45) is 0 Å². The largest absolute Gasteiger partial charge is 0.507 e. The molecule has 0 aliphatic carbocycles. The van der Waals surface area contributed by atoms with Crippen molar-refractivity contribution < 1.29 is 19.4 Å². The molecule has 1 saturated heterocycles. The Balaban J connectivity index is 1.72. The number of aromatic amines is 1. The number of aliphatic hydroxyl groups excluding tert-OH is 1. The Morgan fingerprint density at radius 2 is 1.85 bits per heavy atom. The zero-order valence-corrected chi connectivity index (χ0v) is 17.9. The smallest absolute Gasteiger partial charge is 0.302 e. The molecule has 4 aromatic rings. The number of carbonyl (C=O) groups excluding carboxylic acids is 2. The molecule has 0 saturated carbocycles. The Morgan fingerprint density at radius 3 is 2.55 bits per heavy atom. The lowest BCUT2D eigenvalue weighted by Gasteiger charge is -2.22. The maximum absolute atomic E-state index is 13.2. The predicted molar refractivity (Wildman–Crippen MR) is 123 cm³/mol. The van der Waals surface area contributed by atoms with Gasteiger partial charge in [0, 0.05) is 18.0 Å². The van der Waals surface area contributed by atoms with E-state index in [1.807, 2.05) is 31.2 Å². The number of benzene rings is 2. The molecular formula is C25H20N4O4. The Labute approximate surface area is 189 Å². The van der Waals surface area contributed by atoms with Crippen LogP contribution in [0.3, 0.4) is 0 Å². The van der Waals surface area contributed by atoms with Crippen LogP contribution in [-0.4, -0.2) is 38.9 Å². The van der Waals surface area contributed by atoms with Gasteiger partial charge in [-0.1, -0.05) is 12.1 Å². The summed E-state index contributed by atoms with van der Waals surface area (Å²) < 4.78 is 5.29. The number of imidazole rings is 1. The molecule has 0 bridgehead atoms. The quantitative estimate of drug-likeness (QED) is 0.283. The van der Waals surface area contributed by atoms with E-state index >= 15 is 0 Å². The Hall–Kier alpha value is -4.46. The number of fused-ring (bicyclic) bond motifs is 1. The third kappa shape index (κ3) is 3.32. The third-order valence-corrected chi connectivity index (χ3v) is 5.74. The molecule has 33 heavy (non-hydrogen) atoms. The molecular weight excluding hydrogens is 420 g/mol. The minimum absolute atomic E-state index is 0.0174. The first-order valence-electron chi connectivity index (χ1n) is 10.3. The third-order valence-electron chi connectivity index (χ3n) is 5.74. The summed E-state index contributed by atoms with van der Waals surface area (Å²) in [5.74, 6) is -0.949. The molecule has 2 aromatic carbocycles. The maximum atomic E-state index is 13.2. The van der Waals surface area contributed by atoms with Gasteiger partial charge < -0.3 is 14.8 Å². The number of aromatic nitrogens is 3. The summed E-state index contributed by atoms with van der Waals surface area (Å²) >= 11 is 0. The van der Waals surface area contributed by atoms with Gasteiger partial charge >= 0.3 is 5.91 Å². The van der Waals surface area contributed by atoms with Crippen LogP contribution in [0.5, 0.6) is 5.75 Å². The first-order valence-corrected chi connectivity index (χ1v) is 10.3. The van der Waals surface area contributed by atoms with Gasteiger partial charge in [0.1, 0.15) is 11.5 Å². The summed E-state index contributed by atoms with van der Waals surface area (Å²) in [4.78, 5) is 39.4. The molecule has 8 heteroatoms. The van der Waals surface area contributed by atoms with Gasteiger partial charge in [-0.3, -0.25) is 19.5 Å². The second kappa shape index (κ2) is 7.90. The van der Waals surface area contributed by atoms with Gasteiger partial charge in [0.2, 0.25) is 5.95 Å². The Bertz CT molecular complexity index is 1390. The number of hydrogen-bond donors (Lipinski definition) is 2. The normalized spacial score (nSPS) is 17.6. The summed E-state index contributed by atoms with van der Waals surface area (Å²) in [5.41, 5.74) is 3.19. The van der Waals surface area contributed by atoms with E-state index < -0.39 is 17.7 Å². The molecule has 8 nitrogen and oxygen atoms in total. The molecule has 1 atom stereocenters. The van der Waals surface area contributed by atoms with Crippen LogP contribution in [0.1, 0.15) is 22.7 Å². The summed E-state index contributed by atoms with van der Waals surface area (Å²) in [6, 6.07) is 15.0. The van der Waals surface area contributed by atoms with Crippen molar-refractivity contribution in [3.05, 3.63) is 89.3 Å². The molecule has 2 aromatic heterocycles. The van der Waals surface area contributed by atoms with Gasteiger partial charge in [-0.05, 0) is 60.5 Å². The van der Waals surface area contributed by atoms with Crippen molar-refractivity contribution in [1.82, 2.24) is 15.0 Å². The topological polar surface area (TPSA) is 108 Å². The number of nitrogens with one attached hydrogen (secondary N) is 1. The number of nitrogens with zero attached hydrogens (tertiary/aromatic N) is 3. The lowest BCUT2D eigenvalue weighted by atomic mass is 9.95. The van der Waals surface area contributed by atoms with E-state index in [-0.39, 0.29) is 17.3 Å². The van der Waals surface area contributed by atoms with E-state index in [1.54, 1.807) is 49.8 Å². The molecule has 1 amide bonds. The van der Waals surface area contributed by atoms with Crippen LogP contribution >= 0.6 is 0 Å². The van der Waals surface area contributed by atoms with E-state index in [9.17, 15) is 14.7 Å². The van der Waals surface area contributed by atoms with Crippen molar-refractivity contribution in [2.75, 3.05) is 12.0 Å². The van der Waals surface area contributed by atoms with Crippen LogP contribution < -0.4 is 9.64 Å². The molecule has 0 spiro atoms. The zero-order valence-electron chi connectivity index (χ0n) is 17.9. The van der Waals surface area contributed by atoms with Crippen LogP contribution in [0.25, 0.3) is 16.8 Å².